The second kappa shape index (κ2) is 10.1. The van der Waals surface area contributed by atoms with Crippen LogP contribution in [0.25, 0.3) is 0 Å². The molecular weight excluding hydrogens is 430 g/mol. The molecule has 1 N–H and O–H groups in total. The molecule has 3 rings (SSSR count). The molecule has 1 aliphatic rings. The number of urea groups is 1. The summed E-state index contributed by atoms with van der Waals surface area (Å²) in [5, 5.41) is 2.97. The standard InChI is InChI=1S/C23H29N3O5S/c1-4-31-21-7-5-6-20(16-21)17(2)24-23(28)25-12-14-26(15-13-25)32(29,30)22-10-8-19(9-11-22)18(3)27/h5-11,16-17H,4,12-15H2,1-3H3,(H,24,28). The van der Waals surface area contributed by atoms with Gasteiger partial charge in [0, 0.05) is 31.7 Å². The number of carbonyl (C=O) groups is 2. The van der Waals surface area contributed by atoms with Crippen molar-refractivity contribution in [2.75, 3.05) is 32.8 Å². The molecule has 2 aromatic rings. The molecule has 1 heterocycles. The molecule has 32 heavy (non-hydrogen) atoms. The Morgan fingerprint density at radius 3 is 2.31 bits per heavy atom. The van der Waals surface area contributed by atoms with E-state index < -0.39 is 10.0 Å². The molecule has 1 saturated heterocycles. The fourth-order valence-electron chi connectivity index (χ4n) is 3.54. The SMILES string of the molecule is CCOc1cccc(C(C)NC(=O)N2CCN(S(=O)(=O)c3ccc(C(C)=O)cc3)CC2)c1. The Morgan fingerprint density at radius 2 is 1.72 bits per heavy atom. The van der Waals surface area contributed by atoms with Crippen LogP contribution in [0, 0.1) is 0 Å². The molecule has 1 fully saturated rings. The lowest BCUT2D eigenvalue weighted by molar-refractivity contribution is 0.101. The number of piperazine rings is 1. The van der Waals surface area contributed by atoms with Crippen LogP contribution in [0.5, 0.6) is 5.75 Å². The molecule has 0 bridgehead atoms. The van der Waals surface area contributed by atoms with Crippen LogP contribution < -0.4 is 10.1 Å². The van der Waals surface area contributed by atoms with Crippen LogP contribution in [0.3, 0.4) is 0 Å². The van der Waals surface area contributed by atoms with Crippen molar-refractivity contribution in [1.82, 2.24) is 14.5 Å². The summed E-state index contributed by atoms with van der Waals surface area (Å²) in [4.78, 5) is 25.9. The monoisotopic (exact) mass is 459 g/mol. The number of sulfonamides is 1. The van der Waals surface area contributed by atoms with E-state index in [2.05, 4.69) is 5.32 Å². The van der Waals surface area contributed by atoms with Crippen LogP contribution in [0.2, 0.25) is 0 Å². The fourth-order valence-corrected chi connectivity index (χ4v) is 4.96. The number of carbonyl (C=O) groups excluding carboxylic acids is 2. The van der Waals surface area contributed by atoms with E-state index in [-0.39, 0.29) is 35.8 Å². The summed E-state index contributed by atoms with van der Waals surface area (Å²) in [5.74, 6) is 0.633. The van der Waals surface area contributed by atoms with Crippen LogP contribution in [0.15, 0.2) is 53.4 Å². The number of amides is 2. The quantitative estimate of drug-likeness (QED) is 0.642. The van der Waals surface area contributed by atoms with Gasteiger partial charge in [0.1, 0.15) is 5.75 Å². The summed E-state index contributed by atoms with van der Waals surface area (Å²) in [6.45, 7) is 6.82. The molecule has 1 unspecified atom stereocenters. The maximum atomic E-state index is 12.9. The minimum Gasteiger partial charge on any atom is -0.494 e. The largest absolute Gasteiger partial charge is 0.494 e. The van der Waals surface area contributed by atoms with E-state index in [9.17, 15) is 18.0 Å². The first kappa shape index (κ1) is 23.7. The Bertz CT molecular complexity index is 1060. The summed E-state index contributed by atoms with van der Waals surface area (Å²) >= 11 is 0. The first-order valence-corrected chi connectivity index (χ1v) is 12.1. The zero-order chi connectivity index (χ0) is 23.3. The van der Waals surface area contributed by atoms with Gasteiger partial charge in [-0.25, -0.2) is 13.2 Å². The second-order valence-corrected chi connectivity index (χ2v) is 9.59. The maximum absolute atomic E-state index is 12.9. The topological polar surface area (TPSA) is 96.0 Å². The molecule has 172 valence electrons. The number of nitrogens with zero attached hydrogens (tertiary/aromatic N) is 2. The average Bonchev–Trinajstić information content (AvgIpc) is 2.79. The smallest absolute Gasteiger partial charge is 0.317 e. The minimum atomic E-state index is -3.68. The van der Waals surface area contributed by atoms with Gasteiger partial charge >= 0.3 is 6.03 Å². The Hall–Kier alpha value is -2.91. The third kappa shape index (κ3) is 5.46. The van der Waals surface area contributed by atoms with Crippen molar-refractivity contribution in [3.63, 3.8) is 0 Å². The van der Waals surface area contributed by atoms with E-state index in [0.29, 0.717) is 25.3 Å². The molecule has 1 aliphatic heterocycles. The van der Waals surface area contributed by atoms with Crippen LogP contribution in [0.4, 0.5) is 4.79 Å². The molecule has 2 amide bonds. The van der Waals surface area contributed by atoms with Crippen LogP contribution in [0.1, 0.15) is 42.7 Å². The van der Waals surface area contributed by atoms with Gasteiger partial charge < -0.3 is 15.0 Å². The van der Waals surface area contributed by atoms with E-state index in [1.807, 2.05) is 38.1 Å². The Labute approximate surface area is 189 Å². The van der Waals surface area contributed by atoms with Crippen LogP contribution in [-0.4, -0.2) is 62.2 Å². The van der Waals surface area contributed by atoms with E-state index in [4.69, 9.17) is 4.74 Å². The highest BCUT2D eigenvalue weighted by atomic mass is 32.2. The predicted molar refractivity (Wildman–Crippen MR) is 121 cm³/mol. The predicted octanol–water partition coefficient (Wildman–Crippen LogP) is 3.07. The Morgan fingerprint density at radius 1 is 1.06 bits per heavy atom. The second-order valence-electron chi connectivity index (χ2n) is 7.65. The van der Waals surface area contributed by atoms with E-state index in [1.165, 1.54) is 35.5 Å². The number of benzene rings is 2. The molecule has 8 nitrogen and oxygen atoms in total. The first-order valence-electron chi connectivity index (χ1n) is 10.6. The number of rotatable bonds is 7. The van der Waals surface area contributed by atoms with Gasteiger partial charge in [-0.1, -0.05) is 24.3 Å². The number of Topliss-reactive ketones (excluding diaryl/α,β-unsaturated/α-hetero) is 1. The lowest BCUT2D eigenvalue weighted by atomic mass is 10.1. The van der Waals surface area contributed by atoms with Crippen molar-refractivity contribution in [3.8, 4) is 5.75 Å². The highest BCUT2D eigenvalue weighted by molar-refractivity contribution is 7.89. The number of hydrogen-bond acceptors (Lipinski definition) is 5. The van der Waals surface area contributed by atoms with E-state index >= 15 is 0 Å². The lowest BCUT2D eigenvalue weighted by Gasteiger charge is -2.34. The number of ketones is 1. The van der Waals surface area contributed by atoms with Gasteiger partial charge in [-0.05, 0) is 50.6 Å². The summed E-state index contributed by atoms with van der Waals surface area (Å²) in [6, 6.07) is 13.1. The van der Waals surface area contributed by atoms with Crippen molar-refractivity contribution in [1.29, 1.82) is 0 Å². The summed E-state index contributed by atoms with van der Waals surface area (Å²) in [6.07, 6.45) is 0. The molecular formula is C23H29N3O5S. The van der Waals surface area contributed by atoms with Crippen molar-refractivity contribution in [2.45, 2.75) is 31.7 Å². The van der Waals surface area contributed by atoms with Crippen molar-refractivity contribution in [3.05, 3.63) is 59.7 Å². The lowest BCUT2D eigenvalue weighted by Crippen LogP contribution is -2.53. The molecule has 0 spiro atoms. The maximum Gasteiger partial charge on any atom is 0.317 e. The number of nitrogens with one attached hydrogen (secondary N) is 1. The van der Waals surface area contributed by atoms with Gasteiger partial charge in [0.2, 0.25) is 10.0 Å². The van der Waals surface area contributed by atoms with E-state index in [1.54, 1.807) is 4.90 Å². The summed E-state index contributed by atoms with van der Waals surface area (Å²) in [5.41, 5.74) is 1.39. The van der Waals surface area contributed by atoms with Crippen molar-refractivity contribution >= 4 is 21.8 Å². The molecule has 0 aliphatic carbocycles. The average molecular weight is 460 g/mol. The zero-order valence-corrected chi connectivity index (χ0v) is 19.4. The van der Waals surface area contributed by atoms with Crippen molar-refractivity contribution < 1.29 is 22.7 Å². The fraction of sp³-hybridized carbons (Fsp3) is 0.391. The third-order valence-electron chi connectivity index (χ3n) is 5.43. The minimum absolute atomic E-state index is 0.118. The third-order valence-corrected chi connectivity index (χ3v) is 7.35. The molecule has 1 atom stereocenters. The number of hydrogen-bond donors (Lipinski definition) is 1. The highest BCUT2D eigenvalue weighted by Crippen LogP contribution is 2.21. The normalized spacial score (nSPS) is 15.8. The Balaban J connectivity index is 1.58. The Kier molecular flexibility index (Phi) is 7.52. The first-order chi connectivity index (χ1) is 15.2. The highest BCUT2D eigenvalue weighted by Gasteiger charge is 2.30. The van der Waals surface area contributed by atoms with Crippen LogP contribution >= 0.6 is 0 Å². The molecule has 2 aromatic carbocycles. The van der Waals surface area contributed by atoms with Gasteiger partial charge in [0.05, 0.1) is 17.5 Å². The van der Waals surface area contributed by atoms with Crippen LogP contribution in [-0.2, 0) is 10.0 Å². The van der Waals surface area contributed by atoms with Gasteiger partial charge in [0.25, 0.3) is 0 Å². The summed E-state index contributed by atoms with van der Waals surface area (Å²) < 4.78 is 32.7. The van der Waals surface area contributed by atoms with Gasteiger partial charge in [-0.15, -0.1) is 0 Å². The van der Waals surface area contributed by atoms with Gasteiger partial charge in [-0.2, -0.15) is 4.31 Å². The zero-order valence-electron chi connectivity index (χ0n) is 18.6. The number of ether oxygens (including phenoxy) is 1. The van der Waals surface area contributed by atoms with Gasteiger partial charge in [0.15, 0.2) is 5.78 Å². The molecule has 0 aromatic heterocycles. The van der Waals surface area contributed by atoms with E-state index in [0.717, 1.165) is 11.3 Å². The van der Waals surface area contributed by atoms with Gasteiger partial charge in [-0.3, -0.25) is 4.79 Å². The molecule has 9 heteroatoms. The molecule has 0 saturated carbocycles. The van der Waals surface area contributed by atoms with Crippen molar-refractivity contribution in [2.24, 2.45) is 0 Å². The molecule has 0 radical (unpaired) electrons. The summed E-state index contributed by atoms with van der Waals surface area (Å²) in [7, 11) is -3.68.